The van der Waals surface area contributed by atoms with E-state index in [1.54, 1.807) is 7.11 Å². The molecule has 0 bridgehead atoms. The van der Waals surface area contributed by atoms with Crippen molar-refractivity contribution >= 4 is 34.3 Å². The van der Waals surface area contributed by atoms with Gasteiger partial charge in [-0.2, -0.15) is 0 Å². The quantitative estimate of drug-likeness (QED) is 0.476. The van der Waals surface area contributed by atoms with Crippen molar-refractivity contribution in [3.05, 3.63) is 20.3 Å². The Labute approximate surface area is 111 Å². The zero-order valence-corrected chi connectivity index (χ0v) is 11.4. The number of carbonyl (C=O) groups excluding carboxylic acids is 1. The summed E-state index contributed by atoms with van der Waals surface area (Å²) in [5.74, 6) is 0.219. The lowest BCUT2D eigenvalue weighted by atomic mass is 10.5. The summed E-state index contributed by atoms with van der Waals surface area (Å²) in [6.45, 7) is 0.986. The Kier molecular flexibility index (Phi) is 5.91. The second kappa shape index (κ2) is 7.22. The number of anilines is 1. The third-order valence-electron chi connectivity index (χ3n) is 1.84. The number of hydrogen-bond donors (Lipinski definition) is 3. The standard InChI is InChI=1S/C9H13IN4O3/c1-17-3-2-11-6(15)4-12-8-7(10)9(16)14-5-13-8/h5H,2-4H2,1H3,(H,11,15)(H2,12,13,14,16). The second-order valence-electron chi connectivity index (χ2n) is 3.09. The molecule has 0 aliphatic heterocycles. The van der Waals surface area contributed by atoms with Gasteiger partial charge in [0.25, 0.3) is 5.56 Å². The molecule has 17 heavy (non-hydrogen) atoms. The van der Waals surface area contributed by atoms with E-state index in [1.165, 1.54) is 6.33 Å². The van der Waals surface area contributed by atoms with Gasteiger partial charge >= 0.3 is 0 Å². The minimum absolute atomic E-state index is 0.0656. The van der Waals surface area contributed by atoms with Gasteiger partial charge in [-0.05, 0) is 22.6 Å². The van der Waals surface area contributed by atoms with E-state index >= 15 is 0 Å². The monoisotopic (exact) mass is 352 g/mol. The van der Waals surface area contributed by atoms with Crippen molar-refractivity contribution in [2.24, 2.45) is 0 Å². The summed E-state index contributed by atoms with van der Waals surface area (Å²) in [5.41, 5.74) is -0.233. The minimum Gasteiger partial charge on any atom is -0.383 e. The molecule has 0 radical (unpaired) electrons. The van der Waals surface area contributed by atoms with Crippen molar-refractivity contribution < 1.29 is 9.53 Å². The van der Waals surface area contributed by atoms with E-state index in [-0.39, 0.29) is 18.0 Å². The van der Waals surface area contributed by atoms with Crippen LogP contribution in [-0.2, 0) is 9.53 Å². The van der Waals surface area contributed by atoms with E-state index in [1.807, 2.05) is 22.6 Å². The molecule has 1 amide bonds. The number of halogens is 1. The highest BCUT2D eigenvalue weighted by Crippen LogP contribution is 2.07. The summed E-state index contributed by atoms with van der Waals surface area (Å²) in [7, 11) is 1.56. The van der Waals surface area contributed by atoms with Gasteiger partial charge in [0.2, 0.25) is 5.91 Å². The van der Waals surface area contributed by atoms with E-state index < -0.39 is 0 Å². The minimum atomic E-state index is -0.233. The molecule has 0 aliphatic rings. The molecule has 3 N–H and O–H groups in total. The van der Waals surface area contributed by atoms with Gasteiger partial charge in [-0.25, -0.2) is 4.98 Å². The first-order chi connectivity index (χ1) is 8.15. The Morgan fingerprint density at radius 1 is 1.65 bits per heavy atom. The third-order valence-corrected chi connectivity index (χ3v) is 2.84. The van der Waals surface area contributed by atoms with Crippen molar-refractivity contribution in [3.63, 3.8) is 0 Å². The predicted molar refractivity (Wildman–Crippen MR) is 71.0 cm³/mol. The van der Waals surface area contributed by atoms with E-state index in [9.17, 15) is 9.59 Å². The summed E-state index contributed by atoms with van der Waals surface area (Å²) in [4.78, 5) is 28.9. The number of aromatic amines is 1. The third kappa shape index (κ3) is 4.69. The maximum absolute atomic E-state index is 11.3. The van der Waals surface area contributed by atoms with Gasteiger partial charge in [0.1, 0.15) is 9.39 Å². The number of H-pyrrole nitrogens is 1. The Balaban J connectivity index is 2.42. The highest BCUT2D eigenvalue weighted by Gasteiger charge is 2.06. The average molecular weight is 352 g/mol. The summed E-state index contributed by atoms with van der Waals surface area (Å²) in [5, 5.41) is 5.43. The molecule has 8 heteroatoms. The van der Waals surface area contributed by atoms with Crippen LogP contribution < -0.4 is 16.2 Å². The summed E-state index contributed by atoms with van der Waals surface area (Å²) in [6, 6.07) is 0. The number of methoxy groups -OCH3 is 1. The largest absolute Gasteiger partial charge is 0.383 e. The van der Waals surface area contributed by atoms with Crippen LogP contribution in [0.3, 0.4) is 0 Å². The zero-order chi connectivity index (χ0) is 12.7. The van der Waals surface area contributed by atoms with Crippen molar-refractivity contribution in [1.82, 2.24) is 15.3 Å². The Morgan fingerprint density at radius 3 is 3.12 bits per heavy atom. The fourth-order valence-corrected chi connectivity index (χ4v) is 1.51. The molecule has 7 nitrogen and oxygen atoms in total. The molecule has 0 saturated heterocycles. The van der Waals surface area contributed by atoms with E-state index in [0.29, 0.717) is 22.5 Å². The highest BCUT2D eigenvalue weighted by atomic mass is 127. The summed E-state index contributed by atoms with van der Waals surface area (Å²) < 4.78 is 5.22. The normalized spacial score (nSPS) is 10.0. The summed E-state index contributed by atoms with van der Waals surface area (Å²) >= 11 is 1.87. The lowest BCUT2D eigenvalue weighted by molar-refractivity contribution is -0.119. The van der Waals surface area contributed by atoms with Crippen LogP contribution in [0.5, 0.6) is 0 Å². The van der Waals surface area contributed by atoms with Crippen molar-refractivity contribution in [3.8, 4) is 0 Å². The molecule has 0 aliphatic carbocycles. The first-order valence-electron chi connectivity index (χ1n) is 4.88. The van der Waals surface area contributed by atoms with Crippen molar-refractivity contribution in [2.45, 2.75) is 0 Å². The molecule has 1 aromatic heterocycles. The molecule has 0 unspecified atom stereocenters. The van der Waals surface area contributed by atoms with Crippen LogP contribution in [0.25, 0.3) is 0 Å². The molecule has 1 heterocycles. The Hall–Kier alpha value is -1.16. The Morgan fingerprint density at radius 2 is 2.41 bits per heavy atom. The lowest BCUT2D eigenvalue weighted by Gasteiger charge is -2.07. The van der Waals surface area contributed by atoms with E-state index in [0.717, 1.165) is 0 Å². The van der Waals surface area contributed by atoms with Crippen LogP contribution in [0.2, 0.25) is 0 Å². The van der Waals surface area contributed by atoms with E-state index in [4.69, 9.17) is 4.74 Å². The van der Waals surface area contributed by atoms with Crippen molar-refractivity contribution in [2.75, 3.05) is 32.1 Å². The van der Waals surface area contributed by atoms with Crippen molar-refractivity contribution in [1.29, 1.82) is 0 Å². The molecule has 94 valence electrons. The van der Waals surface area contributed by atoms with Crippen LogP contribution in [0.4, 0.5) is 5.82 Å². The maximum Gasteiger partial charge on any atom is 0.266 e. The second-order valence-corrected chi connectivity index (χ2v) is 4.17. The zero-order valence-electron chi connectivity index (χ0n) is 9.25. The fraction of sp³-hybridized carbons (Fsp3) is 0.444. The average Bonchev–Trinajstić information content (AvgIpc) is 2.31. The number of hydrogen-bond acceptors (Lipinski definition) is 5. The van der Waals surface area contributed by atoms with Gasteiger partial charge in [-0.1, -0.05) is 0 Å². The molecule has 1 rings (SSSR count). The fourth-order valence-electron chi connectivity index (χ4n) is 1.03. The van der Waals surface area contributed by atoms with Crippen LogP contribution in [-0.4, -0.2) is 42.7 Å². The van der Waals surface area contributed by atoms with Gasteiger partial charge in [-0.15, -0.1) is 0 Å². The topological polar surface area (TPSA) is 96.1 Å². The van der Waals surface area contributed by atoms with E-state index in [2.05, 4.69) is 20.6 Å². The number of rotatable bonds is 6. The van der Waals surface area contributed by atoms with Crippen LogP contribution in [0.15, 0.2) is 11.1 Å². The van der Waals surface area contributed by atoms with Crippen LogP contribution in [0, 0.1) is 3.57 Å². The SMILES string of the molecule is COCCNC(=O)CNc1nc[nH]c(=O)c1I. The molecule has 0 fully saturated rings. The molecule has 0 saturated carbocycles. The number of aromatic nitrogens is 2. The summed E-state index contributed by atoms with van der Waals surface area (Å²) in [6.07, 6.45) is 1.29. The number of carbonyl (C=O) groups is 1. The predicted octanol–water partition coefficient (Wildman–Crippen LogP) is -0.451. The van der Waals surface area contributed by atoms with Gasteiger partial charge in [0.05, 0.1) is 19.5 Å². The lowest BCUT2D eigenvalue weighted by Crippen LogP contribution is -2.32. The van der Waals surface area contributed by atoms with Gasteiger partial charge in [0, 0.05) is 13.7 Å². The molecular weight excluding hydrogens is 339 g/mol. The number of ether oxygens (including phenoxy) is 1. The Bertz CT molecular complexity index is 434. The maximum atomic E-state index is 11.3. The molecule has 0 spiro atoms. The molecule has 1 aromatic rings. The first kappa shape index (κ1) is 13.9. The van der Waals surface area contributed by atoms with Gasteiger partial charge in [0.15, 0.2) is 0 Å². The van der Waals surface area contributed by atoms with Crippen LogP contribution >= 0.6 is 22.6 Å². The molecule has 0 aromatic carbocycles. The number of amides is 1. The van der Waals surface area contributed by atoms with Gasteiger partial charge < -0.3 is 20.4 Å². The first-order valence-corrected chi connectivity index (χ1v) is 5.95. The van der Waals surface area contributed by atoms with Crippen LogP contribution in [0.1, 0.15) is 0 Å². The highest BCUT2D eigenvalue weighted by molar-refractivity contribution is 14.1. The molecule has 0 atom stereocenters. The molecular formula is C9H13IN4O3. The smallest absolute Gasteiger partial charge is 0.266 e. The number of nitrogens with zero attached hydrogens (tertiary/aromatic N) is 1. The number of nitrogens with one attached hydrogen (secondary N) is 3. The van der Waals surface area contributed by atoms with Gasteiger partial charge in [-0.3, -0.25) is 9.59 Å².